The standard InChI is InChI=1S/C30H34N4O3/c1-21(22-8-4-2-5-9-22)32-29(36)23-14-18-27(19-15-23)33-28(35)20-31-25-16-12-24(13-17-25)30(37)34-26-10-6-3-7-11-26/h2,4-5,8-9,12-19,21,26,31H,3,6-7,10-11,20H2,1H3,(H,32,36)(H,33,35)(H,34,37). The van der Waals surface area contributed by atoms with Crippen LogP contribution in [0, 0.1) is 0 Å². The lowest BCUT2D eigenvalue weighted by molar-refractivity contribution is -0.114. The molecule has 0 aromatic heterocycles. The number of nitrogens with one attached hydrogen (secondary N) is 4. The molecular weight excluding hydrogens is 464 g/mol. The molecule has 0 radical (unpaired) electrons. The van der Waals surface area contributed by atoms with Gasteiger partial charge < -0.3 is 21.3 Å². The summed E-state index contributed by atoms with van der Waals surface area (Å²) in [6, 6.07) is 23.8. The number of carbonyl (C=O) groups is 3. The van der Waals surface area contributed by atoms with E-state index in [2.05, 4.69) is 21.3 Å². The van der Waals surface area contributed by atoms with Gasteiger partial charge in [-0.1, -0.05) is 49.6 Å². The van der Waals surface area contributed by atoms with Crippen LogP contribution in [0.1, 0.15) is 71.3 Å². The van der Waals surface area contributed by atoms with E-state index in [9.17, 15) is 14.4 Å². The van der Waals surface area contributed by atoms with Crippen molar-refractivity contribution >= 4 is 29.1 Å². The van der Waals surface area contributed by atoms with Crippen molar-refractivity contribution in [1.29, 1.82) is 0 Å². The summed E-state index contributed by atoms with van der Waals surface area (Å²) in [6.45, 7) is 2.01. The number of amides is 3. The van der Waals surface area contributed by atoms with Gasteiger partial charge in [0.2, 0.25) is 5.91 Å². The molecule has 192 valence electrons. The SMILES string of the molecule is CC(NC(=O)c1ccc(NC(=O)CNc2ccc(C(=O)NC3CCCCC3)cc2)cc1)c1ccccc1. The monoisotopic (exact) mass is 498 g/mol. The summed E-state index contributed by atoms with van der Waals surface area (Å²) in [4.78, 5) is 37.4. The second-order valence-corrected chi connectivity index (χ2v) is 9.47. The second kappa shape index (κ2) is 12.7. The molecule has 3 aromatic rings. The first-order chi connectivity index (χ1) is 18.0. The van der Waals surface area contributed by atoms with Gasteiger partial charge in [-0.15, -0.1) is 0 Å². The number of anilines is 2. The van der Waals surface area contributed by atoms with Gasteiger partial charge in [-0.3, -0.25) is 14.4 Å². The van der Waals surface area contributed by atoms with Crippen molar-refractivity contribution in [2.24, 2.45) is 0 Å². The third kappa shape index (κ3) is 7.67. The van der Waals surface area contributed by atoms with Crippen molar-refractivity contribution in [3.63, 3.8) is 0 Å². The first-order valence-corrected chi connectivity index (χ1v) is 12.9. The van der Waals surface area contributed by atoms with Gasteiger partial charge in [0.15, 0.2) is 0 Å². The molecule has 1 atom stereocenters. The van der Waals surface area contributed by atoms with Crippen LogP contribution in [0.15, 0.2) is 78.9 Å². The van der Waals surface area contributed by atoms with Crippen LogP contribution in [-0.2, 0) is 4.79 Å². The molecule has 1 aliphatic carbocycles. The van der Waals surface area contributed by atoms with Gasteiger partial charge in [-0.25, -0.2) is 0 Å². The van der Waals surface area contributed by atoms with Crippen LogP contribution >= 0.6 is 0 Å². The van der Waals surface area contributed by atoms with E-state index in [1.54, 1.807) is 48.5 Å². The second-order valence-electron chi connectivity index (χ2n) is 9.47. The largest absolute Gasteiger partial charge is 0.376 e. The van der Waals surface area contributed by atoms with Crippen molar-refractivity contribution in [2.75, 3.05) is 17.2 Å². The van der Waals surface area contributed by atoms with E-state index < -0.39 is 0 Å². The average molecular weight is 499 g/mol. The third-order valence-electron chi connectivity index (χ3n) is 6.62. The van der Waals surface area contributed by atoms with Crippen molar-refractivity contribution in [3.8, 4) is 0 Å². The maximum Gasteiger partial charge on any atom is 0.251 e. The predicted octanol–water partition coefficient (Wildman–Crippen LogP) is 5.29. The van der Waals surface area contributed by atoms with E-state index >= 15 is 0 Å². The Labute approximate surface area is 218 Å². The van der Waals surface area contributed by atoms with Crippen molar-refractivity contribution in [2.45, 2.75) is 51.1 Å². The fraction of sp³-hybridized carbons (Fsp3) is 0.300. The van der Waals surface area contributed by atoms with Gasteiger partial charge in [-0.2, -0.15) is 0 Å². The lowest BCUT2D eigenvalue weighted by atomic mass is 9.95. The van der Waals surface area contributed by atoms with Gasteiger partial charge in [0.25, 0.3) is 11.8 Å². The summed E-state index contributed by atoms with van der Waals surface area (Å²) in [6.07, 6.45) is 5.68. The van der Waals surface area contributed by atoms with E-state index in [1.807, 2.05) is 37.3 Å². The quantitative estimate of drug-likeness (QED) is 0.322. The lowest BCUT2D eigenvalue weighted by Gasteiger charge is -2.22. The molecule has 3 aromatic carbocycles. The molecule has 1 fully saturated rings. The Morgan fingerprint density at radius 3 is 2.00 bits per heavy atom. The minimum absolute atomic E-state index is 0.0529. The van der Waals surface area contributed by atoms with E-state index in [0.29, 0.717) is 16.8 Å². The highest BCUT2D eigenvalue weighted by Gasteiger charge is 2.16. The molecule has 37 heavy (non-hydrogen) atoms. The predicted molar refractivity (Wildman–Crippen MR) is 147 cm³/mol. The highest BCUT2D eigenvalue weighted by atomic mass is 16.2. The smallest absolute Gasteiger partial charge is 0.251 e. The molecule has 7 nitrogen and oxygen atoms in total. The van der Waals surface area contributed by atoms with Crippen LogP contribution < -0.4 is 21.3 Å². The Kier molecular flexibility index (Phi) is 8.92. The van der Waals surface area contributed by atoms with Gasteiger partial charge >= 0.3 is 0 Å². The average Bonchev–Trinajstić information content (AvgIpc) is 2.93. The molecule has 0 heterocycles. The van der Waals surface area contributed by atoms with E-state index in [0.717, 1.165) is 24.1 Å². The van der Waals surface area contributed by atoms with Crippen molar-refractivity contribution in [3.05, 3.63) is 95.6 Å². The molecule has 4 rings (SSSR count). The Morgan fingerprint density at radius 1 is 0.757 bits per heavy atom. The van der Waals surface area contributed by atoms with Gasteiger partial charge in [-0.05, 0) is 73.9 Å². The zero-order chi connectivity index (χ0) is 26.0. The Hall–Kier alpha value is -4.13. The minimum Gasteiger partial charge on any atom is -0.376 e. The van der Waals surface area contributed by atoms with E-state index in [1.165, 1.54) is 19.3 Å². The maximum atomic E-state index is 12.6. The highest BCUT2D eigenvalue weighted by molar-refractivity contribution is 5.97. The zero-order valence-corrected chi connectivity index (χ0v) is 21.1. The molecule has 1 unspecified atom stereocenters. The summed E-state index contributed by atoms with van der Waals surface area (Å²) in [5.41, 5.74) is 3.53. The molecule has 0 bridgehead atoms. The third-order valence-corrected chi connectivity index (χ3v) is 6.62. The number of carbonyl (C=O) groups excluding carboxylic acids is 3. The molecule has 3 amide bonds. The van der Waals surface area contributed by atoms with Crippen molar-refractivity contribution < 1.29 is 14.4 Å². The Bertz CT molecular complexity index is 1190. The van der Waals surface area contributed by atoms with Crippen LogP contribution in [0.4, 0.5) is 11.4 Å². The fourth-order valence-corrected chi connectivity index (χ4v) is 4.45. The summed E-state index contributed by atoms with van der Waals surface area (Å²) < 4.78 is 0. The fourth-order valence-electron chi connectivity index (χ4n) is 4.45. The number of rotatable bonds is 9. The maximum absolute atomic E-state index is 12.6. The summed E-state index contributed by atoms with van der Waals surface area (Å²) >= 11 is 0. The summed E-state index contributed by atoms with van der Waals surface area (Å²) in [5.74, 6) is -0.441. The summed E-state index contributed by atoms with van der Waals surface area (Å²) in [5, 5.41) is 12.0. The van der Waals surface area contributed by atoms with E-state index in [-0.39, 0.29) is 36.3 Å². The molecule has 7 heteroatoms. The lowest BCUT2D eigenvalue weighted by Crippen LogP contribution is -2.36. The van der Waals surface area contributed by atoms with Crippen LogP contribution in [0.3, 0.4) is 0 Å². The zero-order valence-electron chi connectivity index (χ0n) is 21.1. The van der Waals surface area contributed by atoms with Gasteiger partial charge in [0, 0.05) is 28.5 Å². The number of benzene rings is 3. The number of hydrogen-bond donors (Lipinski definition) is 4. The molecule has 1 saturated carbocycles. The normalized spacial score (nSPS) is 14.3. The number of hydrogen-bond acceptors (Lipinski definition) is 4. The van der Waals surface area contributed by atoms with Crippen LogP contribution in [0.25, 0.3) is 0 Å². The first-order valence-electron chi connectivity index (χ1n) is 12.9. The first kappa shape index (κ1) is 25.9. The van der Waals surface area contributed by atoms with Crippen LogP contribution in [0.2, 0.25) is 0 Å². The molecule has 1 aliphatic rings. The van der Waals surface area contributed by atoms with Crippen molar-refractivity contribution in [1.82, 2.24) is 10.6 Å². The molecule has 0 spiro atoms. The van der Waals surface area contributed by atoms with Gasteiger partial charge in [0.1, 0.15) is 0 Å². The highest BCUT2D eigenvalue weighted by Crippen LogP contribution is 2.18. The summed E-state index contributed by atoms with van der Waals surface area (Å²) in [7, 11) is 0. The molecular formula is C30H34N4O3. The van der Waals surface area contributed by atoms with Crippen LogP contribution in [0.5, 0.6) is 0 Å². The Morgan fingerprint density at radius 2 is 1.35 bits per heavy atom. The molecule has 4 N–H and O–H groups in total. The molecule has 0 saturated heterocycles. The van der Waals surface area contributed by atoms with Gasteiger partial charge in [0.05, 0.1) is 12.6 Å². The molecule has 0 aliphatic heterocycles. The topological polar surface area (TPSA) is 99.3 Å². The van der Waals surface area contributed by atoms with E-state index in [4.69, 9.17) is 0 Å². The Balaban J connectivity index is 1.21. The minimum atomic E-state index is -0.214. The van der Waals surface area contributed by atoms with Crippen LogP contribution in [-0.4, -0.2) is 30.3 Å².